The van der Waals surface area contributed by atoms with Crippen LogP contribution in [0.1, 0.15) is 11.1 Å². The fraction of sp³-hybridized carbons (Fsp3) is 0. The molecule has 0 radical (unpaired) electrons. The standard InChI is InChI=1S/C22H14BrFN2O/c23-17-10-12-18(13-11-17)26-21(15-6-2-1-3-7-15)25-20(22(26)27)14-16-8-4-5-9-19(16)24/h1-14H/b20-14+. The number of amides is 1. The van der Waals surface area contributed by atoms with Crippen molar-refractivity contribution in [3.63, 3.8) is 0 Å². The normalized spacial score (nSPS) is 15.3. The molecular formula is C22H14BrFN2O. The lowest BCUT2D eigenvalue weighted by atomic mass is 10.1. The van der Waals surface area contributed by atoms with Crippen LogP contribution in [0.2, 0.25) is 0 Å². The fourth-order valence-corrected chi connectivity index (χ4v) is 3.13. The van der Waals surface area contributed by atoms with Crippen LogP contribution >= 0.6 is 15.9 Å². The zero-order valence-electron chi connectivity index (χ0n) is 14.1. The zero-order chi connectivity index (χ0) is 18.8. The topological polar surface area (TPSA) is 32.7 Å². The molecule has 3 aromatic rings. The van der Waals surface area contributed by atoms with Gasteiger partial charge < -0.3 is 0 Å². The Morgan fingerprint density at radius 1 is 0.889 bits per heavy atom. The molecule has 0 unspecified atom stereocenters. The first-order valence-electron chi connectivity index (χ1n) is 8.34. The summed E-state index contributed by atoms with van der Waals surface area (Å²) in [5.74, 6) is -0.165. The van der Waals surface area contributed by atoms with Crippen LogP contribution in [-0.4, -0.2) is 11.7 Å². The van der Waals surface area contributed by atoms with Gasteiger partial charge in [0.2, 0.25) is 0 Å². The number of hydrogen-bond donors (Lipinski definition) is 0. The Balaban J connectivity index is 1.84. The second-order valence-corrected chi connectivity index (χ2v) is 6.89. The number of rotatable bonds is 3. The molecule has 0 spiro atoms. The summed E-state index contributed by atoms with van der Waals surface area (Å²) in [4.78, 5) is 19.2. The van der Waals surface area contributed by atoms with Crippen molar-refractivity contribution in [3.05, 3.63) is 106 Å². The third kappa shape index (κ3) is 3.46. The van der Waals surface area contributed by atoms with E-state index in [4.69, 9.17) is 0 Å². The summed E-state index contributed by atoms with van der Waals surface area (Å²) in [5.41, 5.74) is 2.03. The number of hydrogen-bond acceptors (Lipinski definition) is 2. The Hall–Kier alpha value is -3.05. The van der Waals surface area contributed by atoms with Crippen molar-refractivity contribution in [3.8, 4) is 0 Å². The Morgan fingerprint density at radius 2 is 1.56 bits per heavy atom. The maximum atomic E-state index is 14.0. The molecule has 1 aliphatic rings. The molecule has 4 rings (SSSR count). The van der Waals surface area contributed by atoms with Gasteiger partial charge in [0.25, 0.3) is 5.91 Å². The number of benzene rings is 3. The Labute approximate surface area is 164 Å². The van der Waals surface area contributed by atoms with E-state index in [-0.39, 0.29) is 11.6 Å². The van der Waals surface area contributed by atoms with Crippen LogP contribution in [0.3, 0.4) is 0 Å². The maximum absolute atomic E-state index is 14.0. The molecule has 0 fully saturated rings. The van der Waals surface area contributed by atoms with Crippen LogP contribution in [0, 0.1) is 5.82 Å². The van der Waals surface area contributed by atoms with Crippen molar-refractivity contribution >= 4 is 39.4 Å². The first-order chi connectivity index (χ1) is 13.1. The van der Waals surface area contributed by atoms with Crippen molar-refractivity contribution < 1.29 is 9.18 Å². The molecule has 1 amide bonds. The predicted octanol–water partition coefficient (Wildman–Crippen LogP) is 5.42. The van der Waals surface area contributed by atoms with E-state index in [0.717, 1.165) is 10.0 Å². The molecule has 5 heteroatoms. The van der Waals surface area contributed by atoms with E-state index < -0.39 is 5.82 Å². The molecule has 27 heavy (non-hydrogen) atoms. The summed E-state index contributed by atoms with van der Waals surface area (Å²) in [6.45, 7) is 0. The van der Waals surface area contributed by atoms with Gasteiger partial charge in [-0.15, -0.1) is 0 Å². The second kappa shape index (κ2) is 7.29. The van der Waals surface area contributed by atoms with Crippen LogP contribution in [0.4, 0.5) is 10.1 Å². The Kier molecular flexibility index (Phi) is 4.69. The molecular weight excluding hydrogens is 407 g/mol. The van der Waals surface area contributed by atoms with Gasteiger partial charge in [-0.1, -0.05) is 64.5 Å². The number of carbonyl (C=O) groups is 1. The van der Waals surface area contributed by atoms with Crippen molar-refractivity contribution in [1.29, 1.82) is 0 Å². The summed E-state index contributed by atoms with van der Waals surface area (Å²) in [5, 5.41) is 0. The minimum Gasteiger partial charge on any atom is -0.266 e. The molecule has 3 nitrogen and oxygen atoms in total. The average molecular weight is 421 g/mol. The lowest BCUT2D eigenvalue weighted by molar-refractivity contribution is -0.113. The van der Waals surface area contributed by atoms with Gasteiger partial charge >= 0.3 is 0 Å². The third-order valence-corrected chi connectivity index (χ3v) is 4.70. The van der Waals surface area contributed by atoms with Crippen molar-refractivity contribution in [1.82, 2.24) is 0 Å². The van der Waals surface area contributed by atoms with E-state index in [0.29, 0.717) is 17.1 Å². The van der Waals surface area contributed by atoms with Gasteiger partial charge in [0.05, 0.1) is 5.69 Å². The summed E-state index contributed by atoms with van der Waals surface area (Å²) >= 11 is 3.41. The molecule has 0 atom stereocenters. The molecule has 1 aliphatic heterocycles. The minimum atomic E-state index is -0.392. The molecule has 0 saturated heterocycles. The van der Waals surface area contributed by atoms with E-state index >= 15 is 0 Å². The summed E-state index contributed by atoms with van der Waals surface area (Å²) in [6.07, 6.45) is 1.49. The highest BCUT2D eigenvalue weighted by molar-refractivity contribution is 9.10. The van der Waals surface area contributed by atoms with E-state index in [1.807, 2.05) is 54.6 Å². The molecule has 0 aromatic heterocycles. The van der Waals surface area contributed by atoms with E-state index in [1.54, 1.807) is 23.1 Å². The Bertz CT molecular complexity index is 1060. The van der Waals surface area contributed by atoms with E-state index in [9.17, 15) is 9.18 Å². The first-order valence-corrected chi connectivity index (χ1v) is 9.13. The SMILES string of the molecule is O=C1/C(=C\c2ccccc2F)N=C(c2ccccc2)N1c1ccc(Br)cc1. The smallest absolute Gasteiger partial charge is 0.266 e. The highest BCUT2D eigenvalue weighted by Gasteiger charge is 2.32. The van der Waals surface area contributed by atoms with Crippen molar-refractivity contribution in [2.45, 2.75) is 0 Å². The van der Waals surface area contributed by atoms with E-state index in [1.165, 1.54) is 12.1 Å². The second-order valence-electron chi connectivity index (χ2n) is 5.97. The van der Waals surface area contributed by atoms with Gasteiger partial charge in [-0.3, -0.25) is 9.69 Å². The number of carbonyl (C=O) groups excluding carboxylic acids is 1. The van der Waals surface area contributed by atoms with Gasteiger partial charge in [-0.05, 0) is 36.4 Å². The lowest BCUT2D eigenvalue weighted by Crippen LogP contribution is -2.32. The number of halogens is 2. The Morgan fingerprint density at radius 3 is 2.26 bits per heavy atom. The minimum absolute atomic E-state index is 0.196. The zero-order valence-corrected chi connectivity index (χ0v) is 15.7. The number of nitrogens with zero attached hydrogens (tertiary/aromatic N) is 2. The molecule has 0 saturated carbocycles. The monoisotopic (exact) mass is 420 g/mol. The molecule has 132 valence electrons. The van der Waals surface area contributed by atoms with E-state index in [2.05, 4.69) is 20.9 Å². The van der Waals surface area contributed by atoms with Gasteiger partial charge in [-0.25, -0.2) is 9.38 Å². The molecule has 3 aromatic carbocycles. The molecule has 0 N–H and O–H groups in total. The summed E-state index contributed by atoms with van der Waals surface area (Å²) in [6, 6.07) is 23.2. The molecule has 0 bridgehead atoms. The average Bonchev–Trinajstić information content (AvgIpc) is 3.01. The van der Waals surface area contributed by atoms with Crippen LogP contribution < -0.4 is 4.90 Å². The number of aliphatic imine (C=N–C) groups is 1. The molecule has 1 heterocycles. The van der Waals surface area contributed by atoms with Crippen molar-refractivity contribution in [2.75, 3.05) is 4.90 Å². The fourth-order valence-electron chi connectivity index (χ4n) is 2.87. The van der Waals surface area contributed by atoms with Crippen LogP contribution in [0.15, 0.2) is 94.0 Å². The van der Waals surface area contributed by atoms with Gasteiger partial charge in [0.15, 0.2) is 0 Å². The molecule has 0 aliphatic carbocycles. The highest BCUT2D eigenvalue weighted by Crippen LogP contribution is 2.29. The third-order valence-electron chi connectivity index (χ3n) is 4.17. The quantitative estimate of drug-likeness (QED) is 0.520. The highest BCUT2D eigenvalue weighted by atomic mass is 79.9. The number of amidine groups is 1. The van der Waals surface area contributed by atoms with Crippen LogP contribution in [0.25, 0.3) is 6.08 Å². The predicted molar refractivity (Wildman–Crippen MR) is 109 cm³/mol. The summed E-state index contributed by atoms with van der Waals surface area (Å²) in [7, 11) is 0. The maximum Gasteiger partial charge on any atom is 0.282 e. The largest absolute Gasteiger partial charge is 0.282 e. The lowest BCUT2D eigenvalue weighted by Gasteiger charge is -2.18. The first kappa shape index (κ1) is 17.4. The van der Waals surface area contributed by atoms with Gasteiger partial charge in [0.1, 0.15) is 17.3 Å². The number of anilines is 1. The van der Waals surface area contributed by atoms with Crippen LogP contribution in [0.5, 0.6) is 0 Å². The van der Waals surface area contributed by atoms with Crippen LogP contribution in [-0.2, 0) is 4.79 Å². The van der Waals surface area contributed by atoms with Crippen molar-refractivity contribution in [2.24, 2.45) is 4.99 Å². The van der Waals surface area contributed by atoms with Gasteiger partial charge in [-0.2, -0.15) is 0 Å². The summed E-state index contributed by atoms with van der Waals surface area (Å²) < 4.78 is 14.9. The van der Waals surface area contributed by atoms with Gasteiger partial charge in [0, 0.05) is 15.6 Å².